The fourth-order valence-corrected chi connectivity index (χ4v) is 1.77. The van der Waals surface area contributed by atoms with Gasteiger partial charge in [-0.3, -0.25) is 9.78 Å². The molecule has 5 heteroatoms. The van der Waals surface area contributed by atoms with Crippen LogP contribution in [0.5, 0.6) is 0 Å². The van der Waals surface area contributed by atoms with Crippen LogP contribution in [0.3, 0.4) is 0 Å². The molecule has 1 aromatic heterocycles. The number of amides is 1. The summed E-state index contributed by atoms with van der Waals surface area (Å²) in [6.07, 6.45) is 3.25. The van der Waals surface area contributed by atoms with E-state index < -0.39 is 0 Å². The first-order valence-corrected chi connectivity index (χ1v) is 6.21. The molecule has 1 amide bonds. The molecule has 100 valence electrons. The van der Waals surface area contributed by atoms with Gasteiger partial charge in [0, 0.05) is 25.3 Å². The van der Waals surface area contributed by atoms with E-state index in [4.69, 9.17) is 5.11 Å². The third-order valence-electron chi connectivity index (χ3n) is 2.64. The van der Waals surface area contributed by atoms with Crippen molar-refractivity contribution in [2.75, 3.05) is 25.0 Å². The van der Waals surface area contributed by atoms with Crippen LogP contribution in [0.2, 0.25) is 0 Å². The van der Waals surface area contributed by atoms with Gasteiger partial charge < -0.3 is 15.3 Å². The lowest BCUT2D eigenvalue weighted by Gasteiger charge is -2.26. The number of hydrogen-bond acceptors (Lipinski definition) is 4. The van der Waals surface area contributed by atoms with Crippen LogP contribution in [0, 0.1) is 0 Å². The zero-order valence-corrected chi connectivity index (χ0v) is 11.2. The zero-order valence-electron chi connectivity index (χ0n) is 11.2. The average Bonchev–Trinajstić information content (AvgIpc) is 2.36. The maximum atomic E-state index is 12.4. The summed E-state index contributed by atoms with van der Waals surface area (Å²) in [5.74, 6) is -0.0857. The number of nitrogens with one attached hydrogen (secondary N) is 1. The highest BCUT2D eigenvalue weighted by molar-refractivity contribution is 5.99. The topological polar surface area (TPSA) is 65.5 Å². The quantitative estimate of drug-likeness (QED) is 0.801. The maximum Gasteiger partial charge on any atom is 0.256 e. The average molecular weight is 251 g/mol. The molecule has 1 rings (SSSR count). The monoisotopic (exact) mass is 251 g/mol. The number of aliphatic hydroxyl groups excluding tert-OH is 1. The first kappa shape index (κ1) is 14.4. The molecule has 5 nitrogen and oxygen atoms in total. The van der Waals surface area contributed by atoms with Crippen molar-refractivity contribution in [2.45, 2.75) is 26.8 Å². The summed E-state index contributed by atoms with van der Waals surface area (Å²) in [7, 11) is 0. The van der Waals surface area contributed by atoms with Crippen LogP contribution >= 0.6 is 0 Å². The Hall–Kier alpha value is -1.62. The Morgan fingerprint density at radius 1 is 1.56 bits per heavy atom. The minimum Gasteiger partial charge on any atom is -0.395 e. The first-order chi connectivity index (χ1) is 8.61. The highest BCUT2D eigenvalue weighted by Crippen LogP contribution is 2.17. The molecule has 0 radical (unpaired) electrons. The van der Waals surface area contributed by atoms with Gasteiger partial charge in [-0.05, 0) is 26.8 Å². The lowest BCUT2D eigenvalue weighted by Crippen LogP contribution is -2.39. The van der Waals surface area contributed by atoms with Gasteiger partial charge >= 0.3 is 0 Å². The van der Waals surface area contributed by atoms with Crippen molar-refractivity contribution in [1.29, 1.82) is 0 Å². The number of aliphatic hydroxyl groups is 1. The Kier molecular flexibility index (Phi) is 5.58. The Bertz CT molecular complexity index is 394. The van der Waals surface area contributed by atoms with Gasteiger partial charge in [-0.15, -0.1) is 0 Å². The predicted molar refractivity (Wildman–Crippen MR) is 71.7 cm³/mol. The minimum absolute atomic E-state index is 0.0362. The van der Waals surface area contributed by atoms with Gasteiger partial charge in [-0.2, -0.15) is 0 Å². The molecule has 0 fully saturated rings. The fraction of sp³-hybridized carbons (Fsp3) is 0.538. The molecule has 0 aliphatic rings. The molecular weight excluding hydrogens is 230 g/mol. The van der Waals surface area contributed by atoms with E-state index in [1.165, 1.54) is 0 Å². The Morgan fingerprint density at radius 3 is 2.83 bits per heavy atom. The van der Waals surface area contributed by atoms with Crippen molar-refractivity contribution >= 4 is 11.6 Å². The summed E-state index contributed by atoms with van der Waals surface area (Å²) in [5.41, 5.74) is 1.32. The third kappa shape index (κ3) is 3.43. The van der Waals surface area contributed by atoms with Crippen molar-refractivity contribution in [2.24, 2.45) is 0 Å². The van der Waals surface area contributed by atoms with Crippen LogP contribution in [-0.2, 0) is 0 Å². The summed E-state index contributed by atoms with van der Waals surface area (Å²) in [5, 5.41) is 12.2. The van der Waals surface area contributed by atoms with Crippen molar-refractivity contribution in [3.8, 4) is 0 Å². The second-order valence-corrected chi connectivity index (χ2v) is 4.27. The maximum absolute atomic E-state index is 12.4. The van der Waals surface area contributed by atoms with Gasteiger partial charge in [0.25, 0.3) is 5.91 Å². The molecule has 18 heavy (non-hydrogen) atoms. The lowest BCUT2D eigenvalue weighted by molar-refractivity contribution is 0.0666. The molecule has 0 aliphatic carbocycles. The summed E-state index contributed by atoms with van der Waals surface area (Å²) in [6, 6.07) is 1.75. The number of hydrogen-bond donors (Lipinski definition) is 2. The SMILES string of the molecule is CCNc1cnccc1C(=O)N(CCO)C(C)C. The highest BCUT2D eigenvalue weighted by atomic mass is 16.3. The molecule has 2 N–H and O–H groups in total. The number of pyridine rings is 1. The molecule has 0 unspecified atom stereocenters. The lowest BCUT2D eigenvalue weighted by atomic mass is 10.1. The summed E-state index contributed by atoms with van der Waals surface area (Å²) in [6.45, 7) is 6.86. The summed E-state index contributed by atoms with van der Waals surface area (Å²) < 4.78 is 0. The van der Waals surface area contributed by atoms with Crippen molar-refractivity contribution in [3.05, 3.63) is 24.0 Å². The van der Waals surface area contributed by atoms with E-state index in [9.17, 15) is 4.79 Å². The molecule has 1 aromatic rings. The van der Waals surface area contributed by atoms with E-state index in [1.54, 1.807) is 23.4 Å². The predicted octanol–water partition coefficient (Wildman–Crippen LogP) is 1.36. The van der Waals surface area contributed by atoms with Gasteiger partial charge in [-0.25, -0.2) is 0 Å². The van der Waals surface area contributed by atoms with E-state index in [0.717, 1.165) is 12.2 Å². The highest BCUT2D eigenvalue weighted by Gasteiger charge is 2.20. The van der Waals surface area contributed by atoms with E-state index in [-0.39, 0.29) is 18.6 Å². The molecule has 0 saturated carbocycles. The zero-order chi connectivity index (χ0) is 13.5. The van der Waals surface area contributed by atoms with Crippen LogP contribution in [0.1, 0.15) is 31.1 Å². The Balaban J connectivity index is 3.00. The molecular formula is C13H21N3O2. The molecule has 0 saturated heterocycles. The van der Waals surface area contributed by atoms with Gasteiger partial charge in [0.05, 0.1) is 24.1 Å². The third-order valence-corrected chi connectivity index (χ3v) is 2.64. The normalized spacial score (nSPS) is 10.5. The van der Waals surface area contributed by atoms with Crippen molar-refractivity contribution in [3.63, 3.8) is 0 Å². The number of anilines is 1. The molecule has 0 spiro atoms. The summed E-state index contributed by atoms with van der Waals surface area (Å²) in [4.78, 5) is 18.1. The second kappa shape index (κ2) is 6.96. The van der Waals surface area contributed by atoms with Gasteiger partial charge in [0.15, 0.2) is 0 Å². The largest absolute Gasteiger partial charge is 0.395 e. The van der Waals surface area contributed by atoms with E-state index >= 15 is 0 Å². The minimum atomic E-state index is -0.0857. The summed E-state index contributed by atoms with van der Waals surface area (Å²) >= 11 is 0. The molecule has 1 heterocycles. The van der Waals surface area contributed by atoms with E-state index in [2.05, 4.69) is 10.3 Å². The van der Waals surface area contributed by atoms with Crippen LogP contribution in [-0.4, -0.2) is 46.6 Å². The van der Waals surface area contributed by atoms with E-state index in [0.29, 0.717) is 12.1 Å². The van der Waals surface area contributed by atoms with E-state index in [1.807, 2.05) is 20.8 Å². The number of carbonyl (C=O) groups excluding carboxylic acids is 1. The fourth-order valence-electron chi connectivity index (χ4n) is 1.77. The molecule has 0 bridgehead atoms. The van der Waals surface area contributed by atoms with Crippen molar-refractivity contribution < 1.29 is 9.90 Å². The number of carbonyl (C=O) groups is 1. The molecule has 0 aliphatic heterocycles. The Morgan fingerprint density at radius 2 is 2.28 bits per heavy atom. The molecule has 0 atom stereocenters. The van der Waals surface area contributed by atoms with Crippen LogP contribution in [0.25, 0.3) is 0 Å². The van der Waals surface area contributed by atoms with Crippen molar-refractivity contribution in [1.82, 2.24) is 9.88 Å². The van der Waals surface area contributed by atoms with Crippen LogP contribution in [0.4, 0.5) is 5.69 Å². The van der Waals surface area contributed by atoms with Crippen LogP contribution in [0.15, 0.2) is 18.5 Å². The second-order valence-electron chi connectivity index (χ2n) is 4.27. The smallest absolute Gasteiger partial charge is 0.256 e. The number of rotatable bonds is 6. The van der Waals surface area contributed by atoms with Crippen LogP contribution < -0.4 is 5.32 Å². The Labute approximate surface area is 108 Å². The van der Waals surface area contributed by atoms with Gasteiger partial charge in [-0.1, -0.05) is 0 Å². The number of nitrogens with zero attached hydrogens (tertiary/aromatic N) is 2. The standard InChI is InChI=1S/C13H21N3O2/c1-4-15-12-9-14-6-5-11(12)13(18)16(7-8-17)10(2)3/h5-6,9-10,15,17H,4,7-8H2,1-3H3. The molecule has 0 aromatic carbocycles. The number of aromatic nitrogens is 1. The first-order valence-electron chi connectivity index (χ1n) is 6.21. The van der Waals surface area contributed by atoms with Gasteiger partial charge in [0.1, 0.15) is 0 Å². The van der Waals surface area contributed by atoms with Gasteiger partial charge in [0.2, 0.25) is 0 Å².